The van der Waals surface area contributed by atoms with Crippen molar-refractivity contribution in [2.24, 2.45) is 0 Å². The summed E-state index contributed by atoms with van der Waals surface area (Å²) in [6.45, 7) is 2.77. The first kappa shape index (κ1) is 18.9. The minimum atomic E-state index is -0.922. The molecule has 0 aliphatic heterocycles. The number of Topliss-reactive ketones (excluding diaryl/α,β-unsaturated/α-hetero) is 1. The number of hydrogen-bond donors (Lipinski definition) is 2. The average molecular weight is 355 g/mol. The number of allylic oxidation sites excluding steroid dienone is 1. The van der Waals surface area contributed by atoms with Crippen molar-refractivity contribution in [2.45, 2.75) is 13.8 Å². The standard InChI is InChI=1S/C19H17NO6/c1-11(21)10-20-18(24)14-5-3-4-13(9-14)6-7-15(22)17-16(23)8-12(2)26-19(17)25/h3-9,23H,10H2,1-2H3,(H,20,24)/b7-6+. The summed E-state index contributed by atoms with van der Waals surface area (Å²) in [5.41, 5.74) is -0.528. The van der Waals surface area contributed by atoms with Crippen molar-refractivity contribution in [3.8, 4) is 5.75 Å². The van der Waals surface area contributed by atoms with Crippen LogP contribution in [0.4, 0.5) is 0 Å². The van der Waals surface area contributed by atoms with Crippen molar-refractivity contribution in [1.29, 1.82) is 0 Å². The van der Waals surface area contributed by atoms with Crippen LogP contribution in [0, 0.1) is 6.92 Å². The lowest BCUT2D eigenvalue weighted by Gasteiger charge is -2.04. The molecule has 134 valence electrons. The summed E-state index contributed by atoms with van der Waals surface area (Å²) in [5.74, 6) is -1.57. The van der Waals surface area contributed by atoms with Gasteiger partial charge in [-0.2, -0.15) is 0 Å². The van der Waals surface area contributed by atoms with E-state index in [9.17, 15) is 24.3 Å². The monoisotopic (exact) mass is 355 g/mol. The number of aromatic hydroxyl groups is 1. The van der Waals surface area contributed by atoms with Crippen LogP contribution in [0.5, 0.6) is 5.75 Å². The molecule has 0 bridgehead atoms. The highest BCUT2D eigenvalue weighted by molar-refractivity contribution is 6.08. The van der Waals surface area contributed by atoms with Crippen LogP contribution < -0.4 is 10.9 Å². The van der Waals surface area contributed by atoms with Gasteiger partial charge >= 0.3 is 5.63 Å². The first-order valence-corrected chi connectivity index (χ1v) is 7.71. The van der Waals surface area contributed by atoms with E-state index in [1.807, 2.05) is 0 Å². The molecule has 7 nitrogen and oxygen atoms in total. The van der Waals surface area contributed by atoms with E-state index in [1.165, 1.54) is 32.1 Å². The second-order valence-corrected chi connectivity index (χ2v) is 5.61. The Morgan fingerprint density at radius 2 is 1.96 bits per heavy atom. The second kappa shape index (κ2) is 8.06. The van der Waals surface area contributed by atoms with Gasteiger partial charge in [-0.25, -0.2) is 4.79 Å². The molecule has 0 spiro atoms. The van der Waals surface area contributed by atoms with Crippen LogP contribution >= 0.6 is 0 Å². The highest BCUT2D eigenvalue weighted by atomic mass is 16.4. The van der Waals surface area contributed by atoms with Crippen molar-refractivity contribution in [3.05, 3.63) is 69.3 Å². The maximum absolute atomic E-state index is 12.1. The number of hydrogen-bond acceptors (Lipinski definition) is 6. The number of benzene rings is 1. The van der Waals surface area contributed by atoms with Gasteiger partial charge < -0.3 is 14.8 Å². The number of ketones is 2. The molecule has 2 N–H and O–H groups in total. The fourth-order valence-corrected chi connectivity index (χ4v) is 2.17. The van der Waals surface area contributed by atoms with E-state index in [0.717, 1.165) is 6.08 Å². The Hall–Kier alpha value is -3.48. The Bertz CT molecular complexity index is 955. The molecule has 0 radical (unpaired) electrons. The Balaban J connectivity index is 2.20. The number of rotatable bonds is 6. The normalized spacial score (nSPS) is 10.7. The SMILES string of the molecule is CC(=O)CNC(=O)c1cccc(/C=C/C(=O)c2c(O)cc(C)oc2=O)c1. The maximum Gasteiger partial charge on any atom is 0.351 e. The smallest absolute Gasteiger partial charge is 0.351 e. The van der Waals surface area contributed by atoms with E-state index in [-0.39, 0.29) is 18.1 Å². The van der Waals surface area contributed by atoms with E-state index in [2.05, 4.69) is 5.32 Å². The Morgan fingerprint density at radius 3 is 2.62 bits per heavy atom. The summed E-state index contributed by atoms with van der Waals surface area (Å²) in [6.07, 6.45) is 2.51. The van der Waals surface area contributed by atoms with Crippen molar-refractivity contribution in [1.82, 2.24) is 5.32 Å². The van der Waals surface area contributed by atoms with E-state index in [1.54, 1.807) is 18.2 Å². The number of carbonyl (C=O) groups excluding carboxylic acids is 3. The highest BCUT2D eigenvalue weighted by Gasteiger charge is 2.16. The predicted molar refractivity (Wildman–Crippen MR) is 94.2 cm³/mol. The molecule has 0 atom stereocenters. The molecule has 0 aliphatic carbocycles. The van der Waals surface area contributed by atoms with Crippen LogP contribution in [0.2, 0.25) is 0 Å². The number of aryl methyl sites for hydroxylation is 1. The molecular formula is C19H17NO6. The van der Waals surface area contributed by atoms with Gasteiger partial charge in [-0.1, -0.05) is 18.2 Å². The summed E-state index contributed by atoms with van der Waals surface area (Å²) < 4.78 is 4.81. The number of amides is 1. The summed E-state index contributed by atoms with van der Waals surface area (Å²) >= 11 is 0. The van der Waals surface area contributed by atoms with Gasteiger partial charge in [-0.15, -0.1) is 0 Å². The third-order valence-corrected chi connectivity index (χ3v) is 3.37. The van der Waals surface area contributed by atoms with Gasteiger partial charge in [-0.3, -0.25) is 14.4 Å². The molecule has 7 heteroatoms. The molecule has 0 aliphatic rings. The molecule has 0 unspecified atom stereocenters. The third-order valence-electron chi connectivity index (χ3n) is 3.37. The fraction of sp³-hybridized carbons (Fsp3) is 0.158. The first-order chi connectivity index (χ1) is 12.3. The zero-order chi connectivity index (χ0) is 19.3. The molecule has 0 saturated carbocycles. The van der Waals surface area contributed by atoms with Gasteiger partial charge in [0.25, 0.3) is 5.91 Å². The number of carbonyl (C=O) groups is 3. The van der Waals surface area contributed by atoms with Crippen LogP contribution in [-0.4, -0.2) is 29.1 Å². The first-order valence-electron chi connectivity index (χ1n) is 7.71. The number of nitrogens with one attached hydrogen (secondary N) is 1. The zero-order valence-corrected chi connectivity index (χ0v) is 14.2. The van der Waals surface area contributed by atoms with E-state index < -0.39 is 28.6 Å². The Labute approximate surface area is 149 Å². The van der Waals surface area contributed by atoms with E-state index >= 15 is 0 Å². The lowest BCUT2D eigenvalue weighted by molar-refractivity contribution is -0.116. The molecule has 2 rings (SSSR count). The van der Waals surface area contributed by atoms with Crippen molar-refractivity contribution >= 4 is 23.5 Å². The average Bonchev–Trinajstić information content (AvgIpc) is 2.57. The van der Waals surface area contributed by atoms with Crippen LogP contribution in [0.25, 0.3) is 6.08 Å². The summed E-state index contributed by atoms with van der Waals surface area (Å²) in [4.78, 5) is 46.7. The fourth-order valence-electron chi connectivity index (χ4n) is 2.17. The summed E-state index contributed by atoms with van der Waals surface area (Å²) in [5, 5.41) is 12.2. The van der Waals surface area contributed by atoms with Crippen LogP contribution in [0.1, 0.15) is 39.0 Å². The van der Waals surface area contributed by atoms with Gasteiger partial charge in [-0.05, 0) is 37.6 Å². The predicted octanol–water partition coefficient (Wildman–Crippen LogP) is 1.87. The quantitative estimate of drug-likeness (QED) is 0.604. The van der Waals surface area contributed by atoms with Crippen LogP contribution in [0.3, 0.4) is 0 Å². The van der Waals surface area contributed by atoms with E-state index in [0.29, 0.717) is 11.1 Å². The summed E-state index contributed by atoms with van der Waals surface area (Å²) in [7, 11) is 0. The Morgan fingerprint density at radius 1 is 1.23 bits per heavy atom. The van der Waals surface area contributed by atoms with Gasteiger partial charge in [0.1, 0.15) is 22.9 Å². The zero-order valence-electron chi connectivity index (χ0n) is 14.2. The van der Waals surface area contributed by atoms with E-state index in [4.69, 9.17) is 4.42 Å². The van der Waals surface area contributed by atoms with Crippen LogP contribution in [-0.2, 0) is 4.79 Å². The van der Waals surface area contributed by atoms with Gasteiger partial charge in [0.05, 0.1) is 6.54 Å². The summed E-state index contributed by atoms with van der Waals surface area (Å²) in [6, 6.07) is 7.54. The second-order valence-electron chi connectivity index (χ2n) is 5.61. The molecule has 0 fully saturated rings. The molecule has 1 aromatic heterocycles. The van der Waals surface area contributed by atoms with Crippen molar-refractivity contribution in [2.75, 3.05) is 6.54 Å². The topological polar surface area (TPSA) is 114 Å². The van der Waals surface area contributed by atoms with Crippen molar-refractivity contribution < 1.29 is 23.9 Å². The van der Waals surface area contributed by atoms with Gasteiger partial charge in [0.15, 0.2) is 5.78 Å². The molecule has 2 aromatic rings. The molecule has 26 heavy (non-hydrogen) atoms. The molecule has 1 heterocycles. The maximum atomic E-state index is 12.1. The van der Waals surface area contributed by atoms with Crippen molar-refractivity contribution in [3.63, 3.8) is 0 Å². The molecular weight excluding hydrogens is 338 g/mol. The minimum Gasteiger partial charge on any atom is -0.507 e. The molecule has 1 aromatic carbocycles. The lowest BCUT2D eigenvalue weighted by atomic mass is 10.1. The van der Waals surface area contributed by atoms with Crippen LogP contribution in [0.15, 0.2) is 45.6 Å². The highest BCUT2D eigenvalue weighted by Crippen LogP contribution is 2.16. The third kappa shape index (κ3) is 4.76. The largest absolute Gasteiger partial charge is 0.507 e. The Kier molecular flexibility index (Phi) is 5.85. The van der Waals surface area contributed by atoms with Gasteiger partial charge in [0, 0.05) is 11.6 Å². The molecule has 1 amide bonds. The lowest BCUT2D eigenvalue weighted by Crippen LogP contribution is -2.28. The van der Waals surface area contributed by atoms with Gasteiger partial charge in [0.2, 0.25) is 0 Å². The minimum absolute atomic E-state index is 0.0696. The molecule has 0 saturated heterocycles.